The van der Waals surface area contributed by atoms with Crippen molar-refractivity contribution >= 4 is 74.9 Å². The van der Waals surface area contributed by atoms with Gasteiger partial charge in [-0.2, -0.15) is 0 Å². The van der Waals surface area contributed by atoms with E-state index >= 15 is 0 Å². The van der Waals surface area contributed by atoms with Crippen LogP contribution in [0, 0.1) is 0 Å². The summed E-state index contributed by atoms with van der Waals surface area (Å²) in [7, 11) is 0. The topological polar surface area (TPSA) is 64.7 Å². The predicted octanol–water partition coefficient (Wildman–Crippen LogP) is 14.2. The van der Waals surface area contributed by atoms with Gasteiger partial charge in [-0.05, 0) is 85.9 Å². The van der Waals surface area contributed by atoms with Crippen molar-refractivity contribution in [3.05, 3.63) is 182 Å². The molecule has 3 aromatic heterocycles. The molecule has 0 fully saturated rings. The maximum Gasteiger partial charge on any atom is 0.227 e. The summed E-state index contributed by atoms with van der Waals surface area (Å²) in [5, 5.41) is 9.20. The van der Waals surface area contributed by atoms with Gasteiger partial charge in [0.05, 0.1) is 0 Å². The first kappa shape index (κ1) is 32.7. The van der Waals surface area contributed by atoms with Gasteiger partial charge in [0.1, 0.15) is 5.52 Å². The summed E-state index contributed by atoms with van der Waals surface area (Å²) in [6.45, 7) is 0. The van der Waals surface area contributed by atoms with Crippen molar-refractivity contribution in [3.63, 3.8) is 0 Å². The lowest BCUT2D eigenvalue weighted by Gasteiger charge is -2.11. The summed E-state index contributed by atoms with van der Waals surface area (Å²) >= 11 is 1.78. The highest BCUT2D eigenvalue weighted by molar-refractivity contribution is 7.26. The Balaban J connectivity index is 1.03. The zero-order valence-corrected chi connectivity index (χ0v) is 31.7. The van der Waals surface area contributed by atoms with E-state index in [1.54, 1.807) is 11.3 Å². The van der Waals surface area contributed by atoms with Gasteiger partial charge in [0.25, 0.3) is 0 Å². The van der Waals surface area contributed by atoms with Gasteiger partial charge < -0.3 is 4.42 Å². The fraction of sp³-hybridized carbons (Fsp3) is 0. The third kappa shape index (κ3) is 5.38. The van der Waals surface area contributed by atoms with Crippen LogP contribution in [0.1, 0.15) is 0 Å². The highest BCUT2D eigenvalue weighted by atomic mass is 32.1. The molecule has 0 saturated carbocycles. The minimum absolute atomic E-state index is 0.614. The normalized spacial score (nSPS) is 11.8. The summed E-state index contributed by atoms with van der Waals surface area (Å²) in [6, 6.07) is 63.4. The molecule has 0 aliphatic carbocycles. The van der Waals surface area contributed by atoms with Crippen molar-refractivity contribution in [2.24, 2.45) is 0 Å². The van der Waals surface area contributed by atoms with Crippen LogP contribution in [-0.2, 0) is 0 Å². The molecule has 0 spiro atoms. The average Bonchev–Trinajstić information content (AvgIpc) is 3.91. The first-order chi connectivity index (χ1) is 28.7. The molecule has 0 unspecified atom stereocenters. The van der Waals surface area contributed by atoms with Crippen molar-refractivity contribution in [2.75, 3.05) is 0 Å². The van der Waals surface area contributed by atoms with E-state index < -0.39 is 0 Å². The predicted molar refractivity (Wildman–Crippen MR) is 240 cm³/mol. The largest absolute Gasteiger partial charge is 0.436 e. The zero-order valence-electron chi connectivity index (χ0n) is 30.9. The van der Waals surface area contributed by atoms with Gasteiger partial charge in [0.2, 0.25) is 5.89 Å². The lowest BCUT2D eigenvalue weighted by Crippen LogP contribution is -2.00. The smallest absolute Gasteiger partial charge is 0.227 e. The lowest BCUT2D eigenvalue weighted by molar-refractivity contribution is 0.621. The second-order valence-electron chi connectivity index (χ2n) is 14.6. The van der Waals surface area contributed by atoms with E-state index in [-0.39, 0.29) is 0 Å². The van der Waals surface area contributed by atoms with Crippen LogP contribution in [0.2, 0.25) is 0 Å². The molecule has 6 heteroatoms. The molecule has 0 aliphatic heterocycles. The Morgan fingerprint density at radius 2 is 0.948 bits per heavy atom. The van der Waals surface area contributed by atoms with Gasteiger partial charge in [-0.3, -0.25) is 0 Å². The molecule has 0 atom stereocenters. The Bertz CT molecular complexity index is 3580. The van der Waals surface area contributed by atoms with Gasteiger partial charge in [0, 0.05) is 42.4 Å². The van der Waals surface area contributed by atoms with Crippen LogP contribution in [0.5, 0.6) is 0 Å². The monoisotopic (exact) mass is 758 g/mol. The Hall–Kier alpha value is -7.54. The summed E-state index contributed by atoms with van der Waals surface area (Å²) in [4.78, 5) is 20.6. The number of nitrogens with zero attached hydrogens (tertiary/aromatic N) is 4. The maximum absolute atomic E-state index is 6.53. The minimum atomic E-state index is 0.614. The number of hydrogen-bond donors (Lipinski definition) is 0. The van der Waals surface area contributed by atoms with Crippen molar-refractivity contribution in [1.82, 2.24) is 19.9 Å². The molecule has 270 valence electrons. The second kappa shape index (κ2) is 13.0. The lowest BCUT2D eigenvalue weighted by atomic mass is 9.99. The van der Waals surface area contributed by atoms with Gasteiger partial charge in [-0.15, -0.1) is 11.3 Å². The SMILES string of the molecule is c1ccc(-c2nc(-c3cccc(-c4ccc5ccccc5c4)c3)nc(-c3ccc4ccc5sc6ccc7oc(-c8cccc9ccccc89)nc7c6c5c4c3)n2)cc1. The van der Waals surface area contributed by atoms with Gasteiger partial charge in [-0.1, -0.05) is 140 Å². The van der Waals surface area contributed by atoms with Crippen molar-refractivity contribution < 1.29 is 4.42 Å². The van der Waals surface area contributed by atoms with E-state index in [9.17, 15) is 0 Å². The van der Waals surface area contributed by atoms with Crippen LogP contribution in [0.25, 0.3) is 120 Å². The Labute approximate surface area is 336 Å². The van der Waals surface area contributed by atoms with E-state index in [4.69, 9.17) is 24.4 Å². The molecule has 12 rings (SSSR count). The third-order valence-electron chi connectivity index (χ3n) is 11.1. The van der Waals surface area contributed by atoms with Crippen LogP contribution in [0.3, 0.4) is 0 Å². The molecule has 0 radical (unpaired) electrons. The Morgan fingerprint density at radius 3 is 1.83 bits per heavy atom. The minimum Gasteiger partial charge on any atom is -0.436 e. The van der Waals surface area contributed by atoms with Crippen LogP contribution >= 0.6 is 11.3 Å². The van der Waals surface area contributed by atoms with E-state index in [0.717, 1.165) is 76.8 Å². The van der Waals surface area contributed by atoms with E-state index in [0.29, 0.717) is 23.4 Å². The molecular formula is C52H30N4OS. The number of thiophene rings is 1. The van der Waals surface area contributed by atoms with Crippen molar-refractivity contribution in [3.8, 4) is 56.7 Å². The average molecular weight is 759 g/mol. The molecule has 0 amide bonds. The number of rotatable bonds is 5. The molecule has 0 bridgehead atoms. The molecule has 9 aromatic carbocycles. The highest BCUT2D eigenvalue weighted by Crippen LogP contribution is 2.44. The summed E-state index contributed by atoms with van der Waals surface area (Å²) in [5.41, 5.74) is 7.63. The van der Waals surface area contributed by atoms with Crippen LogP contribution < -0.4 is 0 Å². The quantitative estimate of drug-likeness (QED) is 0.175. The standard InChI is InChI=1S/C52H30N4OS/c1-2-12-34(13-3-1)49-54-50(38-17-8-16-36(29-38)37-22-20-31-10-4-5-14-35(31)28-37)56-51(55-49)39-23-21-33-24-26-44-46(42(33)30-39)47-45(58-44)27-25-43-48(47)53-52(57-43)41-19-9-15-32-11-6-7-18-40(32)41/h1-30H. The first-order valence-corrected chi connectivity index (χ1v) is 20.1. The molecule has 5 nitrogen and oxygen atoms in total. The number of benzene rings is 9. The Morgan fingerprint density at radius 1 is 0.362 bits per heavy atom. The second-order valence-corrected chi connectivity index (χ2v) is 15.7. The molecule has 0 saturated heterocycles. The van der Waals surface area contributed by atoms with E-state index in [1.165, 1.54) is 20.2 Å². The number of hydrogen-bond acceptors (Lipinski definition) is 6. The van der Waals surface area contributed by atoms with Crippen molar-refractivity contribution in [2.45, 2.75) is 0 Å². The number of fused-ring (bicyclic) bond motifs is 9. The van der Waals surface area contributed by atoms with Crippen LogP contribution in [-0.4, -0.2) is 19.9 Å². The molecule has 0 N–H and O–H groups in total. The highest BCUT2D eigenvalue weighted by Gasteiger charge is 2.20. The Kier molecular flexibility index (Phi) is 7.33. The van der Waals surface area contributed by atoms with E-state index in [2.05, 4.69) is 152 Å². The first-order valence-electron chi connectivity index (χ1n) is 19.3. The van der Waals surface area contributed by atoms with Crippen LogP contribution in [0.15, 0.2) is 186 Å². The van der Waals surface area contributed by atoms with Gasteiger partial charge in [0.15, 0.2) is 23.1 Å². The van der Waals surface area contributed by atoms with Crippen LogP contribution in [0.4, 0.5) is 0 Å². The van der Waals surface area contributed by atoms with Gasteiger partial charge >= 0.3 is 0 Å². The molecule has 3 heterocycles. The number of aromatic nitrogens is 4. The molecule has 0 aliphatic rings. The summed E-state index contributed by atoms with van der Waals surface area (Å²) < 4.78 is 8.88. The molecule has 12 aromatic rings. The zero-order chi connectivity index (χ0) is 38.2. The van der Waals surface area contributed by atoms with Gasteiger partial charge in [-0.25, -0.2) is 19.9 Å². The fourth-order valence-electron chi connectivity index (χ4n) is 8.29. The molecular weight excluding hydrogens is 729 g/mol. The summed E-state index contributed by atoms with van der Waals surface area (Å²) in [5.74, 6) is 2.48. The maximum atomic E-state index is 6.53. The van der Waals surface area contributed by atoms with E-state index in [1.807, 2.05) is 30.3 Å². The number of oxazole rings is 1. The molecule has 58 heavy (non-hydrogen) atoms. The summed E-state index contributed by atoms with van der Waals surface area (Å²) in [6.07, 6.45) is 0. The third-order valence-corrected chi connectivity index (χ3v) is 12.2. The fourth-order valence-corrected chi connectivity index (χ4v) is 9.41. The van der Waals surface area contributed by atoms with Crippen molar-refractivity contribution in [1.29, 1.82) is 0 Å².